The molecule has 3 rings (SSSR count). The molecule has 0 spiro atoms. The van der Waals surface area contributed by atoms with Gasteiger partial charge in [-0.25, -0.2) is 8.42 Å². The van der Waals surface area contributed by atoms with E-state index in [0.29, 0.717) is 28.3 Å². The second-order valence-corrected chi connectivity index (χ2v) is 11.2. The van der Waals surface area contributed by atoms with Crippen molar-refractivity contribution in [3.05, 3.63) is 81.1 Å². The first-order chi connectivity index (χ1) is 16.0. The van der Waals surface area contributed by atoms with E-state index in [0.717, 1.165) is 18.2 Å². The number of pyridine rings is 1. The molecule has 6 nitrogen and oxygen atoms in total. The van der Waals surface area contributed by atoms with Crippen molar-refractivity contribution in [2.75, 3.05) is 6.26 Å². The molecule has 1 aromatic heterocycles. The van der Waals surface area contributed by atoms with Gasteiger partial charge in [0.1, 0.15) is 0 Å². The van der Waals surface area contributed by atoms with Crippen molar-refractivity contribution in [2.24, 2.45) is 5.92 Å². The normalized spacial score (nSPS) is 11.3. The first-order valence-electron chi connectivity index (χ1n) is 10.4. The minimum atomic E-state index is -3.34. The van der Waals surface area contributed by atoms with E-state index < -0.39 is 15.7 Å². The molecule has 0 unspecified atom stereocenters. The van der Waals surface area contributed by atoms with Gasteiger partial charge in [-0.15, -0.1) is 0 Å². The Morgan fingerprint density at radius 3 is 2.32 bits per heavy atom. The van der Waals surface area contributed by atoms with E-state index in [-0.39, 0.29) is 27.0 Å². The summed E-state index contributed by atoms with van der Waals surface area (Å²) < 4.78 is 23.1. The van der Waals surface area contributed by atoms with Crippen LogP contribution in [-0.2, 0) is 22.8 Å². The molecule has 0 atom stereocenters. The summed E-state index contributed by atoms with van der Waals surface area (Å²) >= 11 is 13.0. The van der Waals surface area contributed by atoms with Crippen molar-refractivity contribution < 1.29 is 13.2 Å². The molecule has 0 saturated carbocycles. The second kappa shape index (κ2) is 10.6. The Balaban J connectivity index is 1.80. The Kier molecular flexibility index (Phi) is 7.98. The van der Waals surface area contributed by atoms with Crippen LogP contribution in [0.25, 0.3) is 11.1 Å². The molecule has 1 N–H and O–H groups in total. The van der Waals surface area contributed by atoms with Gasteiger partial charge >= 0.3 is 0 Å². The molecule has 0 fully saturated rings. The number of carbonyl (C=O) groups is 1. The molecule has 0 bridgehead atoms. The fraction of sp³-hybridized carbons (Fsp3) is 0.240. The lowest BCUT2D eigenvalue weighted by atomic mass is 9.94. The molecular weight excluding hydrogens is 493 g/mol. The number of nitriles is 1. The summed E-state index contributed by atoms with van der Waals surface area (Å²) in [4.78, 5) is 16.8. The van der Waals surface area contributed by atoms with Crippen LogP contribution in [0.15, 0.2) is 53.6 Å². The van der Waals surface area contributed by atoms with Gasteiger partial charge in [-0.2, -0.15) is 5.26 Å². The topological polar surface area (TPSA) is 99.9 Å². The number of halogens is 2. The van der Waals surface area contributed by atoms with Crippen LogP contribution >= 0.6 is 23.2 Å². The Bertz CT molecular complexity index is 1360. The van der Waals surface area contributed by atoms with Gasteiger partial charge in [-0.3, -0.25) is 9.78 Å². The highest BCUT2D eigenvalue weighted by Gasteiger charge is 2.16. The largest absolute Gasteiger partial charge is 0.346 e. The number of aromatic nitrogens is 1. The lowest BCUT2D eigenvalue weighted by molar-refractivity contribution is 0.0950. The van der Waals surface area contributed by atoms with Gasteiger partial charge in [-0.05, 0) is 53.8 Å². The maximum absolute atomic E-state index is 12.6. The Morgan fingerprint density at radius 2 is 1.79 bits per heavy atom. The van der Waals surface area contributed by atoms with Crippen molar-refractivity contribution in [1.82, 2.24) is 10.3 Å². The summed E-state index contributed by atoms with van der Waals surface area (Å²) in [6.45, 7) is 4.28. The van der Waals surface area contributed by atoms with Crippen LogP contribution in [-0.4, -0.2) is 25.6 Å². The van der Waals surface area contributed by atoms with E-state index in [9.17, 15) is 18.5 Å². The van der Waals surface area contributed by atoms with Crippen molar-refractivity contribution in [1.29, 1.82) is 5.26 Å². The third kappa shape index (κ3) is 6.15. The molecule has 3 aromatic rings. The number of nitrogens with one attached hydrogen (secondary N) is 1. The molecule has 2 aromatic carbocycles. The molecule has 176 valence electrons. The van der Waals surface area contributed by atoms with E-state index in [1.54, 1.807) is 6.07 Å². The monoisotopic (exact) mass is 515 g/mol. The summed E-state index contributed by atoms with van der Waals surface area (Å²) in [6.07, 6.45) is 3.14. The zero-order valence-electron chi connectivity index (χ0n) is 18.9. The SMILES string of the molecule is CC(C)Cc1ccc(-c2c(Cl)cc(C(=O)NCc3ccc(S(C)(=O)=O)cn3)cc2Cl)cc1C#N. The van der Waals surface area contributed by atoms with Crippen molar-refractivity contribution in [2.45, 2.75) is 31.7 Å². The smallest absolute Gasteiger partial charge is 0.251 e. The van der Waals surface area contributed by atoms with Crippen LogP contribution in [0.1, 0.15) is 41.0 Å². The van der Waals surface area contributed by atoms with E-state index in [4.69, 9.17) is 23.2 Å². The first-order valence-corrected chi connectivity index (χ1v) is 13.1. The average molecular weight is 516 g/mol. The quantitative estimate of drug-likeness (QED) is 0.450. The van der Waals surface area contributed by atoms with Gasteiger partial charge < -0.3 is 5.32 Å². The highest BCUT2D eigenvalue weighted by atomic mass is 35.5. The van der Waals surface area contributed by atoms with Gasteiger partial charge in [0.15, 0.2) is 9.84 Å². The minimum Gasteiger partial charge on any atom is -0.346 e. The molecule has 0 aliphatic rings. The van der Waals surface area contributed by atoms with E-state index in [2.05, 4.69) is 30.2 Å². The maximum atomic E-state index is 12.6. The molecule has 9 heteroatoms. The summed E-state index contributed by atoms with van der Waals surface area (Å²) in [5.41, 5.74) is 3.53. The Labute approximate surface area is 209 Å². The summed E-state index contributed by atoms with van der Waals surface area (Å²) in [5, 5.41) is 12.9. The number of hydrogen-bond acceptors (Lipinski definition) is 5. The van der Waals surface area contributed by atoms with Crippen LogP contribution in [0, 0.1) is 17.2 Å². The van der Waals surface area contributed by atoms with Gasteiger partial charge in [0.05, 0.1) is 38.8 Å². The molecule has 0 saturated heterocycles. The van der Waals surface area contributed by atoms with Gasteiger partial charge in [0, 0.05) is 23.6 Å². The number of hydrogen-bond donors (Lipinski definition) is 1. The summed E-state index contributed by atoms with van der Waals surface area (Å²) in [7, 11) is -3.34. The van der Waals surface area contributed by atoms with E-state index in [1.165, 1.54) is 30.5 Å². The third-order valence-corrected chi connectivity index (χ3v) is 6.80. The standard InChI is InChI=1S/C25H23Cl2N3O3S/c1-15(2)8-16-4-5-17(9-19(16)12-28)24-22(26)10-18(11-23(24)27)25(31)30-13-20-6-7-21(14-29-20)34(3,32)33/h4-7,9-11,14-15H,8,13H2,1-3H3,(H,30,31). The fourth-order valence-corrected chi connectivity index (χ4v) is 4.71. The molecule has 34 heavy (non-hydrogen) atoms. The third-order valence-electron chi connectivity index (χ3n) is 5.11. The van der Waals surface area contributed by atoms with E-state index in [1.807, 2.05) is 12.1 Å². The highest BCUT2D eigenvalue weighted by molar-refractivity contribution is 7.90. The lowest BCUT2D eigenvalue weighted by Crippen LogP contribution is -2.23. The first kappa shape index (κ1) is 25.7. The molecule has 1 heterocycles. The highest BCUT2D eigenvalue weighted by Crippen LogP contribution is 2.37. The van der Waals surface area contributed by atoms with Crippen LogP contribution in [0.5, 0.6) is 0 Å². The average Bonchev–Trinajstić information content (AvgIpc) is 2.77. The number of nitrogens with zero attached hydrogens (tertiary/aromatic N) is 2. The maximum Gasteiger partial charge on any atom is 0.251 e. The lowest BCUT2D eigenvalue weighted by Gasteiger charge is -2.13. The zero-order valence-corrected chi connectivity index (χ0v) is 21.2. The molecule has 1 amide bonds. The van der Waals surface area contributed by atoms with Crippen LogP contribution in [0.2, 0.25) is 10.0 Å². The zero-order chi connectivity index (χ0) is 25.0. The Morgan fingerprint density at radius 1 is 1.12 bits per heavy atom. The molecule has 0 radical (unpaired) electrons. The van der Waals surface area contributed by atoms with E-state index >= 15 is 0 Å². The molecule has 0 aliphatic carbocycles. The number of carbonyl (C=O) groups excluding carboxylic acids is 1. The van der Waals surface area contributed by atoms with Gasteiger partial charge in [0.2, 0.25) is 0 Å². The summed E-state index contributed by atoms with van der Waals surface area (Å²) in [5.74, 6) is 0.00470. The van der Waals surface area contributed by atoms with Crippen molar-refractivity contribution in [3.63, 3.8) is 0 Å². The number of benzene rings is 2. The number of rotatable bonds is 7. The van der Waals surface area contributed by atoms with Crippen LogP contribution in [0.4, 0.5) is 0 Å². The van der Waals surface area contributed by atoms with Gasteiger partial charge in [0.25, 0.3) is 5.91 Å². The molecule has 0 aliphatic heterocycles. The minimum absolute atomic E-state index is 0.0999. The Hall–Kier alpha value is -2.92. The molecular formula is C25H23Cl2N3O3S. The van der Waals surface area contributed by atoms with Crippen molar-refractivity contribution in [3.8, 4) is 17.2 Å². The van der Waals surface area contributed by atoms with Crippen LogP contribution < -0.4 is 5.32 Å². The number of amides is 1. The number of sulfone groups is 1. The summed E-state index contributed by atoms with van der Waals surface area (Å²) in [6, 6.07) is 13.8. The van der Waals surface area contributed by atoms with Gasteiger partial charge in [-0.1, -0.05) is 49.2 Å². The fourth-order valence-electron chi connectivity index (χ4n) is 3.44. The second-order valence-electron chi connectivity index (χ2n) is 8.34. The van der Waals surface area contributed by atoms with Crippen LogP contribution in [0.3, 0.4) is 0 Å². The predicted molar refractivity (Wildman–Crippen MR) is 134 cm³/mol. The predicted octanol–water partition coefficient (Wildman–Crippen LogP) is 5.46. The van der Waals surface area contributed by atoms with Crippen molar-refractivity contribution >= 4 is 38.9 Å².